The van der Waals surface area contributed by atoms with Crippen LogP contribution in [0, 0.1) is 0 Å². The number of benzene rings is 1. The van der Waals surface area contributed by atoms with Crippen molar-refractivity contribution in [2.45, 2.75) is 6.92 Å². The van der Waals surface area contributed by atoms with Crippen LogP contribution in [0.3, 0.4) is 0 Å². The number of phenols is 1. The highest BCUT2D eigenvalue weighted by Gasteiger charge is 2.02. The third-order valence-electron chi connectivity index (χ3n) is 1.49. The SMILES string of the molecule is CCOc1cc(NC=O)ccc1O. The van der Waals surface area contributed by atoms with E-state index in [-0.39, 0.29) is 5.75 Å². The van der Waals surface area contributed by atoms with Gasteiger partial charge in [-0.05, 0) is 19.1 Å². The number of phenolic OH excluding ortho intramolecular Hbond substituents is 1. The Bertz CT molecular complexity index is 299. The number of hydrogen-bond donors (Lipinski definition) is 2. The van der Waals surface area contributed by atoms with Crippen LogP contribution in [0.1, 0.15) is 6.92 Å². The van der Waals surface area contributed by atoms with Crippen molar-refractivity contribution in [2.75, 3.05) is 11.9 Å². The first-order chi connectivity index (χ1) is 6.27. The zero-order valence-corrected chi connectivity index (χ0v) is 7.28. The van der Waals surface area contributed by atoms with Crippen LogP contribution < -0.4 is 10.1 Å². The molecule has 4 nitrogen and oxygen atoms in total. The first-order valence-electron chi connectivity index (χ1n) is 3.94. The van der Waals surface area contributed by atoms with Crippen molar-refractivity contribution >= 4 is 12.1 Å². The number of anilines is 1. The van der Waals surface area contributed by atoms with Crippen LogP contribution in [-0.4, -0.2) is 18.1 Å². The Kier molecular flexibility index (Phi) is 3.14. The Labute approximate surface area is 76.1 Å². The standard InChI is InChI=1S/C9H11NO3/c1-2-13-9-5-7(10-6-11)3-4-8(9)12/h3-6,12H,2H2,1H3,(H,10,11). The van der Waals surface area contributed by atoms with E-state index in [9.17, 15) is 9.90 Å². The summed E-state index contributed by atoms with van der Waals surface area (Å²) in [5.41, 5.74) is 0.594. The molecular weight excluding hydrogens is 170 g/mol. The third kappa shape index (κ3) is 2.37. The van der Waals surface area contributed by atoms with Gasteiger partial charge in [-0.1, -0.05) is 0 Å². The molecule has 1 aromatic rings. The number of hydrogen-bond acceptors (Lipinski definition) is 3. The molecule has 0 aliphatic rings. The Hall–Kier alpha value is -1.71. The highest BCUT2D eigenvalue weighted by atomic mass is 16.5. The molecule has 0 aromatic heterocycles. The Balaban J connectivity index is 2.89. The largest absolute Gasteiger partial charge is 0.504 e. The summed E-state index contributed by atoms with van der Waals surface area (Å²) in [6.45, 7) is 2.29. The van der Waals surface area contributed by atoms with E-state index in [2.05, 4.69) is 5.32 Å². The smallest absolute Gasteiger partial charge is 0.211 e. The lowest BCUT2D eigenvalue weighted by molar-refractivity contribution is -0.105. The van der Waals surface area contributed by atoms with Crippen LogP contribution in [-0.2, 0) is 4.79 Å². The summed E-state index contributed by atoms with van der Waals surface area (Å²) in [4.78, 5) is 10.1. The van der Waals surface area contributed by atoms with Gasteiger partial charge >= 0.3 is 0 Å². The van der Waals surface area contributed by atoms with Gasteiger partial charge in [-0.25, -0.2) is 0 Å². The van der Waals surface area contributed by atoms with Crippen molar-refractivity contribution in [3.05, 3.63) is 18.2 Å². The number of carbonyl (C=O) groups excluding carboxylic acids is 1. The van der Waals surface area contributed by atoms with Gasteiger partial charge in [0, 0.05) is 11.8 Å². The third-order valence-corrected chi connectivity index (χ3v) is 1.49. The molecular formula is C9H11NO3. The molecule has 0 atom stereocenters. The first kappa shape index (κ1) is 9.38. The van der Waals surface area contributed by atoms with E-state index in [0.29, 0.717) is 24.5 Å². The van der Waals surface area contributed by atoms with E-state index < -0.39 is 0 Å². The van der Waals surface area contributed by atoms with E-state index in [4.69, 9.17) is 4.74 Å². The molecule has 1 aromatic carbocycles. The molecule has 70 valence electrons. The minimum absolute atomic E-state index is 0.0679. The van der Waals surface area contributed by atoms with Crippen LogP contribution in [0.2, 0.25) is 0 Å². The Morgan fingerprint density at radius 1 is 1.62 bits per heavy atom. The summed E-state index contributed by atoms with van der Waals surface area (Å²) in [5.74, 6) is 0.438. The molecule has 0 saturated carbocycles. The molecule has 4 heteroatoms. The van der Waals surface area contributed by atoms with E-state index in [1.165, 1.54) is 6.07 Å². The predicted molar refractivity (Wildman–Crippen MR) is 49.0 cm³/mol. The number of amides is 1. The molecule has 0 radical (unpaired) electrons. The quantitative estimate of drug-likeness (QED) is 0.544. The molecule has 13 heavy (non-hydrogen) atoms. The molecule has 0 fully saturated rings. The molecule has 0 saturated heterocycles. The number of aromatic hydroxyl groups is 1. The van der Waals surface area contributed by atoms with Gasteiger partial charge in [0.15, 0.2) is 11.5 Å². The molecule has 0 unspecified atom stereocenters. The topological polar surface area (TPSA) is 58.6 Å². The van der Waals surface area contributed by atoms with E-state index in [1.54, 1.807) is 12.1 Å². The van der Waals surface area contributed by atoms with Crippen LogP contribution in [0.5, 0.6) is 11.5 Å². The first-order valence-corrected chi connectivity index (χ1v) is 3.94. The maximum Gasteiger partial charge on any atom is 0.211 e. The highest BCUT2D eigenvalue weighted by Crippen LogP contribution is 2.28. The second kappa shape index (κ2) is 4.35. The lowest BCUT2D eigenvalue weighted by Gasteiger charge is -2.06. The summed E-state index contributed by atoms with van der Waals surface area (Å²) in [6.07, 6.45) is 0.572. The average molecular weight is 181 g/mol. The van der Waals surface area contributed by atoms with Gasteiger partial charge < -0.3 is 15.2 Å². The zero-order chi connectivity index (χ0) is 9.68. The lowest BCUT2D eigenvalue weighted by atomic mass is 10.3. The monoisotopic (exact) mass is 181 g/mol. The van der Waals surface area contributed by atoms with E-state index in [0.717, 1.165) is 0 Å². The van der Waals surface area contributed by atoms with E-state index in [1.807, 2.05) is 6.92 Å². The minimum atomic E-state index is 0.0679. The fourth-order valence-corrected chi connectivity index (χ4v) is 0.943. The lowest BCUT2D eigenvalue weighted by Crippen LogP contribution is -1.96. The summed E-state index contributed by atoms with van der Waals surface area (Å²) >= 11 is 0. The average Bonchev–Trinajstić information content (AvgIpc) is 2.12. The highest BCUT2D eigenvalue weighted by molar-refractivity contribution is 5.72. The second-order valence-electron chi connectivity index (χ2n) is 2.38. The number of ether oxygens (including phenoxy) is 1. The molecule has 0 bridgehead atoms. The molecule has 0 aliphatic carbocycles. The predicted octanol–water partition coefficient (Wildman–Crippen LogP) is 1.36. The fraction of sp³-hybridized carbons (Fsp3) is 0.222. The summed E-state index contributed by atoms with van der Waals surface area (Å²) in [5, 5.41) is 11.8. The van der Waals surface area contributed by atoms with Crippen molar-refractivity contribution in [3.63, 3.8) is 0 Å². The minimum Gasteiger partial charge on any atom is -0.504 e. The van der Waals surface area contributed by atoms with Gasteiger partial charge in [0.2, 0.25) is 6.41 Å². The van der Waals surface area contributed by atoms with Crippen LogP contribution in [0.15, 0.2) is 18.2 Å². The number of rotatable bonds is 4. The maximum atomic E-state index is 10.1. The summed E-state index contributed by atoms with van der Waals surface area (Å²) in [7, 11) is 0. The molecule has 2 N–H and O–H groups in total. The van der Waals surface area contributed by atoms with Gasteiger partial charge in [-0.3, -0.25) is 4.79 Å². The Morgan fingerprint density at radius 2 is 2.38 bits per heavy atom. The van der Waals surface area contributed by atoms with Gasteiger partial charge in [-0.2, -0.15) is 0 Å². The molecule has 0 heterocycles. The summed E-state index contributed by atoms with van der Waals surface area (Å²) in [6, 6.07) is 4.62. The van der Waals surface area contributed by atoms with Crippen LogP contribution in [0.4, 0.5) is 5.69 Å². The molecule has 1 amide bonds. The fourth-order valence-electron chi connectivity index (χ4n) is 0.943. The molecule has 0 spiro atoms. The Morgan fingerprint density at radius 3 is 3.00 bits per heavy atom. The summed E-state index contributed by atoms with van der Waals surface area (Å²) < 4.78 is 5.12. The van der Waals surface area contributed by atoms with Crippen molar-refractivity contribution < 1.29 is 14.6 Å². The second-order valence-corrected chi connectivity index (χ2v) is 2.38. The maximum absolute atomic E-state index is 10.1. The number of nitrogens with one attached hydrogen (secondary N) is 1. The number of carbonyl (C=O) groups is 1. The normalized spacial score (nSPS) is 9.31. The van der Waals surface area contributed by atoms with Crippen LogP contribution >= 0.6 is 0 Å². The van der Waals surface area contributed by atoms with Crippen molar-refractivity contribution in [1.82, 2.24) is 0 Å². The van der Waals surface area contributed by atoms with Gasteiger partial charge in [0.25, 0.3) is 0 Å². The van der Waals surface area contributed by atoms with Crippen LogP contribution in [0.25, 0.3) is 0 Å². The molecule has 0 aliphatic heterocycles. The van der Waals surface area contributed by atoms with Gasteiger partial charge in [0.1, 0.15) is 0 Å². The van der Waals surface area contributed by atoms with Crippen molar-refractivity contribution in [3.8, 4) is 11.5 Å². The molecule has 1 rings (SSSR count). The van der Waals surface area contributed by atoms with Gasteiger partial charge in [-0.15, -0.1) is 0 Å². The van der Waals surface area contributed by atoms with Crippen molar-refractivity contribution in [2.24, 2.45) is 0 Å². The van der Waals surface area contributed by atoms with Gasteiger partial charge in [0.05, 0.1) is 6.61 Å². The van der Waals surface area contributed by atoms with E-state index >= 15 is 0 Å². The van der Waals surface area contributed by atoms with Crippen molar-refractivity contribution in [1.29, 1.82) is 0 Å². The zero-order valence-electron chi connectivity index (χ0n) is 7.28.